The van der Waals surface area contributed by atoms with Crippen LogP contribution in [0.25, 0.3) is 11.0 Å². The zero-order valence-electron chi connectivity index (χ0n) is 15.3. The molecule has 0 aliphatic heterocycles. The number of esters is 1. The molecule has 7 heteroatoms. The smallest absolute Gasteiger partial charge is 0.375 e. The SMILES string of the molecule is Cc1c(C(=O)OC(C)C(=O)NC(C)(C#N)C(C)C)oc2ccc(Br)cc12. The number of ether oxygens (including phenoxy) is 1. The molecule has 0 aliphatic rings. The lowest BCUT2D eigenvalue weighted by Gasteiger charge is -2.28. The highest BCUT2D eigenvalue weighted by Gasteiger charge is 2.33. The summed E-state index contributed by atoms with van der Waals surface area (Å²) in [4.78, 5) is 24.7. The topological polar surface area (TPSA) is 92.3 Å². The van der Waals surface area contributed by atoms with Crippen molar-refractivity contribution in [1.82, 2.24) is 5.32 Å². The molecule has 2 rings (SSSR count). The van der Waals surface area contributed by atoms with Crippen LogP contribution in [0.1, 0.15) is 43.8 Å². The number of halogens is 1. The van der Waals surface area contributed by atoms with Crippen LogP contribution in [0, 0.1) is 24.2 Å². The molecule has 6 nitrogen and oxygen atoms in total. The van der Waals surface area contributed by atoms with E-state index in [1.54, 1.807) is 19.9 Å². The average Bonchev–Trinajstić information content (AvgIpc) is 2.91. The van der Waals surface area contributed by atoms with Crippen molar-refractivity contribution in [2.24, 2.45) is 5.92 Å². The maximum Gasteiger partial charge on any atom is 0.375 e. The highest BCUT2D eigenvalue weighted by molar-refractivity contribution is 9.10. The second kappa shape index (κ2) is 7.50. The highest BCUT2D eigenvalue weighted by Crippen LogP contribution is 2.28. The normalized spacial score (nSPS) is 14.5. The van der Waals surface area contributed by atoms with E-state index in [0.29, 0.717) is 11.1 Å². The number of furan rings is 1. The van der Waals surface area contributed by atoms with Crippen molar-refractivity contribution < 1.29 is 18.7 Å². The van der Waals surface area contributed by atoms with Gasteiger partial charge in [0, 0.05) is 15.4 Å². The summed E-state index contributed by atoms with van der Waals surface area (Å²) in [5.74, 6) is -1.30. The third kappa shape index (κ3) is 3.91. The number of carbonyl (C=O) groups excluding carboxylic acids is 2. The second-order valence-electron chi connectivity index (χ2n) is 6.70. The fourth-order valence-corrected chi connectivity index (χ4v) is 2.68. The zero-order chi connectivity index (χ0) is 19.6. The van der Waals surface area contributed by atoms with Gasteiger partial charge in [-0.1, -0.05) is 29.8 Å². The number of nitrogens with one attached hydrogen (secondary N) is 1. The Balaban J connectivity index is 2.16. The van der Waals surface area contributed by atoms with E-state index in [-0.39, 0.29) is 11.7 Å². The molecule has 1 aromatic carbocycles. The lowest BCUT2D eigenvalue weighted by molar-refractivity contribution is -0.130. The van der Waals surface area contributed by atoms with Crippen molar-refractivity contribution in [2.45, 2.75) is 46.3 Å². The van der Waals surface area contributed by atoms with Gasteiger partial charge in [0.05, 0.1) is 6.07 Å². The van der Waals surface area contributed by atoms with Crippen LogP contribution < -0.4 is 5.32 Å². The van der Waals surface area contributed by atoms with Crippen LogP contribution in [0.15, 0.2) is 27.1 Å². The van der Waals surface area contributed by atoms with Gasteiger partial charge in [0.15, 0.2) is 6.10 Å². The summed E-state index contributed by atoms with van der Waals surface area (Å²) in [5.41, 5.74) is 0.161. The van der Waals surface area contributed by atoms with Gasteiger partial charge in [-0.15, -0.1) is 0 Å². The summed E-state index contributed by atoms with van der Waals surface area (Å²) < 4.78 is 11.7. The van der Waals surface area contributed by atoms with E-state index in [9.17, 15) is 14.9 Å². The van der Waals surface area contributed by atoms with Crippen LogP contribution in [0.5, 0.6) is 0 Å². The number of nitriles is 1. The molecular weight excluding hydrogens is 400 g/mol. The van der Waals surface area contributed by atoms with Crippen molar-refractivity contribution in [3.8, 4) is 6.07 Å². The zero-order valence-corrected chi connectivity index (χ0v) is 16.9. The Morgan fingerprint density at radius 3 is 2.58 bits per heavy atom. The molecule has 0 radical (unpaired) electrons. The summed E-state index contributed by atoms with van der Waals surface area (Å²) in [6.45, 7) is 8.50. The minimum atomic E-state index is -1.06. The number of fused-ring (bicyclic) bond motifs is 1. The number of amides is 1. The van der Waals surface area contributed by atoms with E-state index in [0.717, 1.165) is 9.86 Å². The molecule has 1 aromatic heterocycles. The van der Waals surface area contributed by atoms with Crippen LogP contribution in [0.4, 0.5) is 0 Å². The summed E-state index contributed by atoms with van der Waals surface area (Å²) in [6.07, 6.45) is -1.06. The molecule has 138 valence electrons. The Morgan fingerprint density at radius 1 is 1.35 bits per heavy atom. The molecule has 0 bridgehead atoms. The number of aryl methyl sites for hydroxylation is 1. The maximum atomic E-state index is 12.4. The van der Waals surface area contributed by atoms with Gasteiger partial charge in [0.25, 0.3) is 5.91 Å². The third-order valence-electron chi connectivity index (χ3n) is 4.51. The van der Waals surface area contributed by atoms with Crippen molar-refractivity contribution in [3.05, 3.63) is 34.0 Å². The molecule has 0 saturated heterocycles. The molecule has 1 N–H and O–H groups in total. The van der Waals surface area contributed by atoms with E-state index < -0.39 is 23.5 Å². The standard InChI is InChI=1S/C19H21BrN2O4/c1-10(2)19(5,9-21)22-17(23)12(4)25-18(24)16-11(3)14-8-13(20)6-7-15(14)26-16/h6-8,10,12H,1-5H3,(H,22,23). The molecule has 26 heavy (non-hydrogen) atoms. The van der Waals surface area contributed by atoms with E-state index in [2.05, 4.69) is 27.3 Å². The van der Waals surface area contributed by atoms with Crippen molar-refractivity contribution in [3.63, 3.8) is 0 Å². The molecule has 2 unspecified atom stereocenters. The highest BCUT2D eigenvalue weighted by atomic mass is 79.9. The fraction of sp³-hybridized carbons (Fsp3) is 0.421. The molecule has 2 atom stereocenters. The number of hydrogen-bond donors (Lipinski definition) is 1. The fourth-order valence-electron chi connectivity index (χ4n) is 2.31. The van der Waals surface area contributed by atoms with Crippen LogP contribution >= 0.6 is 15.9 Å². The lowest BCUT2D eigenvalue weighted by atomic mass is 9.90. The van der Waals surface area contributed by atoms with E-state index in [1.807, 2.05) is 26.0 Å². The Bertz CT molecular complexity index is 897. The Labute approximate surface area is 160 Å². The van der Waals surface area contributed by atoms with E-state index >= 15 is 0 Å². The molecule has 1 heterocycles. The Hall–Kier alpha value is -2.33. The average molecular weight is 421 g/mol. The monoisotopic (exact) mass is 420 g/mol. The predicted octanol–water partition coefficient (Wildman–Crippen LogP) is 4.10. The first kappa shape index (κ1) is 20.0. The minimum Gasteiger partial charge on any atom is -0.449 e. The van der Waals surface area contributed by atoms with E-state index in [1.165, 1.54) is 6.92 Å². The molecular formula is C19H21BrN2O4. The van der Waals surface area contributed by atoms with Crippen LogP contribution in [-0.4, -0.2) is 23.5 Å². The number of nitrogens with zero attached hydrogens (tertiary/aromatic N) is 1. The Morgan fingerprint density at radius 2 is 2.00 bits per heavy atom. The first-order valence-corrected chi connectivity index (χ1v) is 9.01. The van der Waals surface area contributed by atoms with Crippen molar-refractivity contribution in [2.75, 3.05) is 0 Å². The van der Waals surface area contributed by atoms with E-state index in [4.69, 9.17) is 9.15 Å². The largest absolute Gasteiger partial charge is 0.449 e. The summed E-state index contributed by atoms with van der Waals surface area (Å²) in [5, 5.41) is 12.7. The summed E-state index contributed by atoms with van der Waals surface area (Å²) >= 11 is 3.38. The van der Waals surface area contributed by atoms with Crippen LogP contribution in [-0.2, 0) is 9.53 Å². The Kier molecular flexibility index (Phi) is 5.77. The van der Waals surface area contributed by atoms with Crippen LogP contribution in [0.3, 0.4) is 0 Å². The first-order valence-electron chi connectivity index (χ1n) is 8.22. The summed E-state index contributed by atoms with van der Waals surface area (Å²) in [7, 11) is 0. The third-order valence-corrected chi connectivity index (χ3v) is 5.00. The molecule has 2 aromatic rings. The molecule has 0 fully saturated rings. The number of carbonyl (C=O) groups is 2. The van der Waals surface area contributed by atoms with Gasteiger partial charge >= 0.3 is 5.97 Å². The minimum absolute atomic E-state index is 0.0599. The number of hydrogen-bond acceptors (Lipinski definition) is 5. The quantitative estimate of drug-likeness (QED) is 0.734. The van der Waals surface area contributed by atoms with Gasteiger partial charge in [0.1, 0.15) is 11.1 Å². The van der Waals surface area contributed by atoms with Crippen molar-refractivity contribution >= 4 is 38.8 Å². The number of rotatable bonds is 5. The molecule has 0 spiro atoms. The van der Waals surface area contributed by atoms with Crippen molar-refractivity contribution in [1.29, 1.82) is 5.26 Å². The second-order valence-corrected chi connectivity index (χ2v) is 7.62. The van der Waals surface area contributed by atoms with Crippen LogP contribution in [0.2, 0.25) is 0 Å². The van der Waals surface area contributed by atoms with Gasteiger partial charge in [-0.05, 0) is 44.9 Å². The summed E-state index contributed by atoms with van der Waals surface area (Å²) in [6, 6.07) is 7.50. The van der Waals surface area contributed by atoms with Gasteiger partial charge < -0.3 is 14.5 Å². The first-order chi connectivity index (χ1) is 12.1. The lowest BCUT2D eigenvalue weighted by Crippen LogP contribution is -2.52. The molecule has 0 aliphatic carbocycles. The molecule has 1 amide bonds. The van der Waals surface area contributed by atoms with Gasteiger partial charge in [-0.25, -0.2) is 4.79 Å². The van der Waals surface area contributed by atoms with Gasteiger partial charge in [-0.2, -0.15) is 5.26 Å². The number of benzene rings is 1. The van der Waals surface area contributed by atoms with Gasteiger partial charge in [-0.3, -0.25) is 4.79 Å². The molecule has 0 saturated carbocycles. The maximum absolute atomic E-state index is 12.4. The predicted molar refractivity (Wildman–Crippen MR) is 101 cm³/mol. The van der Waals surface area contributed by atoms with Gasteiger partial charge in [0.2, 0.25) is 5.76 Å².